The van der Waals surface area contributed by atoms with Gasteiger partial charge in [-0.25, -0.2) is 0 Å². The summed E-state index contributed by atoms with van der Waals surface area (Å²) in [6.07, 6.45) is 4.12. The van der Waals surface area contributed by atoms with Crippen molar-refractivity contribution in [3.8, 4) is 11.1 Å². The summed E-state index contributed by atoms with van der Waals surface area (Å²) in [4.78, 5) is 7.08. The van der Waals surface area contributed by atoms with Gasteiger partial charge in [0.2, 0.25) is 0 Å². The van der Waals surface area contributed by atoms with Crippen molar-refractivity contribution in [2.24, 2.45) is 0 Å². The van der Waals surface area contributed by atoms with E-state index in [9.17, 15) is 0 Å². The van der Waals surface area contributed by atoms with Crippen LogP contribution in [0.15, 0.2) is 128 Å². The lowest BCUT2D eigenvalue weighted by molar-refractivity contribution is 0.123. The summed E-state index contributed by atoms with van der Waals surface area (Å²) in [5.74, 6) is 0. The number of nitrogens with zero attached hydrogens (tertiary/aromatic N) is 4. The van der Waals surface area contributed by atoms with Crippen LogP contribution in [0, 0.1) is 6.92 Å². The Morgan fingerprint density at radius 1 is 0.707 bits per heavy atom. The molecular formula is C36H32N4O. The number of pyridine rings is 1. The van der Waals surface area contributed by atoms with Crippen LogP contribution in [0.25, 0.3) is 22.0 Å². The number of aromatic nitrogens is 3. The van der Waals surface area contributed by atoms with E-state index in [4.69, 9.17) is 9.84 Å². The summed E-state index contributed by atoms with van der Waals surface area (Å²) in [5, 5.41) is 6.41. The van der Waals surface area contributed by atoms with Gasteiger partial charge in [-0.2, -0.15) is 5.10 Å². The first-order valence-electron chi connectivity index (χ1n) is 14.2. The Kier molecular flexibility index (Phi) is 6.57. The maximum atomic E-state index is 5.62. The Morgan fingerprint density at radius 2 is 1.29 bits per heavy atom. The van der Waals surface area contributed by atoms with Crippen LogP contribution < -0.4 is 4.90 Å². The number of hydrogen-bond acceptors (Lipinski definition) is 4. The zero-order valence-electron chi connectivity index (χ0n) is 23.1. The summed E-state index contributed by atoms with van der Waals surface area (Å²) < 4.78 is 7.78. The van der Waals surface area contributed by atoms with Gasteiger partial charge in [-0.1, -0.05) is 97.1 Å². The average molecular weight is 537 g/mol. The molecule has 0 atom stereocenters. The van der Waals surface area contributed by atoms with Gasteiger partial charge >= 0.3 is 0 Å². The molecule has 202 valence electrons. The first-order chi connectivity index (χ1) is 20.2. The molecule has 1 aliphatic heterocycles. The standard InChI is InChI=1S/C36H32N4O/c1-27-33(28-17-18-34-32(25-28)35(19-20-37-34)39-21-23-41-24-22-39)26-40(38-27)36(29-11-5-2-6-12-29,30-13-7-3-8-14-30)31-15-9-4-10-16-31/h2-20,25-26H,21-24H2,1H3. The SMILES string of the molecule is Cc1nn(C(c2ccccc2)(c2ccccc2)c2ccccc2)cc1-c1ccc2nccc(N3CCOCC3)c2c1. The van der Waals surface area contributed by atoms with Gasteiger partial charge in [-0.3, -0.25) is 9.67 Å². The van der Waals surface area contributed by atoms with Gasteiger partial charge < -0.3 is 9.64 Å². The maximum absolute atomic E-state index is 5.62. The van der Waals surface area contributed by atoms with Crippen molar-refractivity contribution in [2.45, 2.75) is 12.5 Å². The molecule has 0 amide bonds. The molecule has 41 heavy (non-hydrogen) atoms. The van der Waals surface area contributed by atoms with E-state index < -0.39 is 5.54 Å². The average Bonchev–Trinajstić information content (AvgIpc) is 3.44. The minimum absolute atomic E-state index is 0.649. The molecule has 6 aromatic rings. The Labute approximate surface area is 240 Å². The van der Waals surface area contributed by atoms with Gasteiger partial charge in [0.15, 0.2) is 0 Å². The van der Waals surface area contributed by atoms with E-state index in [2.05, 4.69) is 143 Å². The molecule has 2 aromatic heterocycles. The minimum Gasteiger partial charge on any atom is -0.378 e. The molecule has 4 aromatic carbocycles. The molecule has 3 heterocycles. The fraction of sp³-hybridized carbons (Fsp3) is 0.167. The number of benzene rings is 4. The Balaban J connectivity index is 1.44. The van der Waals surface area contributed by atoms with Crippen LogP contribution in [0.1, 0.15) is 22.4 Å². The number of morpholine rings is 1. The van der Waals surface area contributed by atoms with E-state index in [-0.39, 0.29) is 0 Å². The smallest absolute Gasteiger partial charge is 0.138 e. The molecule has 0 unspecified atom stereocenters. The summed E-state index contributed by atoms with van der Waals surface area (Å²) in [6, 6.07) is 40.8. The molecule has 1 aliphatic rings. The lowest BCUT2D eigenvalue weighted by Crippen LogP contribution is -2.38. The van der Waals surface area contributed by atoms with E-state index in [1.807, 2.05) is 6.20 Å². The third-order valence-corrected chi connectivity index (χ3v) is 8.20. The van der Waals surface area contributed by atoms with Crippen LogP contribution in [-0.2, 0) is 10.3 Å². The number of hydrogen-bond donors (Lipinski definition) is 0. The van der Waals surface area contributed by atoms with Crippen LogP contribution in [0.4, 0.5) is 5.69 Å². The normalized spacial score (nSPS) is 13.9. The second-order valence-electron chi connectivity index (χ2n) is 10.5. The van der Waals surface area contributed by atoms with Gasteiger partial charge in [0.25, 0.3) is 0 Å². The van der Waals surface area contributed by atoms with Crippen molar-refractivity contribution >= 4 is 16.6 Å². The highest BCUT2D eigenvalue weighted by molar-refractivity contribution is 5.95. The van der Waals surface area contributed by atoms with Gasteiger partial charge in [-0.05, 0) is 47.4 Å². The van der Waals surface area contributed by atoms with E-state index in [1.54, 1.807) is 0 Å². The van der Waals surface area contributed by atoms with Crippen LogP contribution in [0.5, 0.6) is 0 Å². The maximum Gasteiger partial charge on any atom is 0.138 e. The lowest BCUT2D eigenvalue weighted by atomic mass is 9.77. The quantitative estimate of drug-likeness (QED) is 0.213. The Morgan fingerprint density at radius 3 is 1.88 bits per heavy atom. The zero-order chi connectivity index (χ0) is 27.6. The summed E-state index contributed by atoms with van der Waals surface area (Å²) in [6.45, 7) is 5.36. The van der Waals surface area contributed by atoms with Gasteiger partial charge in [0.1, 0.15) is 5.54 Å². The summed E-state index contributed by atoms with van der Waals surface area (Å²) in [7, 11) is 0. The van der Waals surface area contributed by atoms with Gasteiger partial charge in [0.05, 0.1) is 24.4 Å². The third kappa shape index (κ3) is 4.39. The molecule has 5 heteroatoms. The molecule has 0 aliphatic carbocycles. The lowest BCUT2D eigenvalue weighted by Gasteiger charge is -2.36. The molecule has 0 spiro atoms. The van der Waals surface area contributed by atoms with Crippen molar-refractivity contribution in [1.82, 2.24) is 14.8 Å². The van der Waals surface area contributed by atoms with Crippen LogP contribution in [-0.4, -0.2) is 41.1 Å². The number of fused-ring (bicyclic) bond motifs is 1. The first kappa shape index (κ1) is 25.2. The zero-order valence-corrected chi connectivity index (χ0v) is 23.1. The van der Waals surface area contributed by atoms with Crippen LogP contribution in [0.2, 0.25) is 0 Å². The molecular weight excluding hydrogens is 504 g/mol. The van der Waals surface area contributed by atoms with Crippen molar-refractivity contribution in [3.05, 3.63) is 150 Å². The van der Waals surface area contributed by atoms with E-state index in [1.165, 1.54) is 5.69 Å². The highest BCUT2D eigenvalue weighted by Gasteiger charge is 2.39. The first-order valence-corrected chi connectivity index (χ1v) is 14.2. The van der Waals surface area contributed by atoms with Crippen LogP contribution >= 0.6 is 0 Å². The second kappa shape index (κ2) is 10.7. The van der Waals surface area contributed by atoms with Gasteiger partial charge in [0, 0.05) is 42.1 Å². The highest BCUT2D eigenvalue weighted by atomic mass is 16.5. The second-order valence-corrected chi connectivity index (χ2v) is 10.5. The van der Waals surface area contributed by atoms with Crippen molar-refractivity contribution < 1.29 is 4.74 Å². The topological polar surface area (TPSA) is 43.2 Å². The van der Waals surface area contributed by atoms with E-state index >= 15 is 0 Å². The number of rotatable bonds is 6. The molecule has 0 saturated carbocycles. The Hall–Kier alpha value is -4.74. The molecule has 1 saturated heterocycles. The highest BCUT2D eigenvalue weighted by Crippen LogP contribution is 2.42. The molecule has 0 bridgehead atoms. The monoisotopic (exact) mass is 536 g/mol. The minimum atomic E-state index is -0.649. The van der Waals surface area contributed by atoms with Crippen molar-refractivity contribution in [2.75, 3.05) is 31.2 Å². The summed E-state index contributed by atoms with van der Waals surface area (Å²) in [5.41, 5.74) is 8.24. The molecule has 0 N–H and O–H groups in total. The molecule has 1 fully saturated rings. The van der Waals surface area contributed by atoms with Crippen molar-refractivity contribution in [1.29, 1.82) is 0 Å². The predicted octanol–water partition coefficient (Wildman–Crippen LogP) is 7.08. The van der Waals surface area contributed by atoms with Gasteiger partial charge in [-0.15, -0.1) is 0 Å². The number of ether oxygens (including phenoxy) is 1. The molecule has 7 rings (SSSR count). The van der Waals surface area contributed by atoms with E-state index in [0.29, 0.717) is 0 Å². The van der Waals surface area contributed by atoms with E-state index in [0.717, 1.165) is 70.7 Å². The molecule has 5 nitrogen and oxygen atoms in total. The number of anilines is 1. The van der Waals surface area contributed by atoms with Crippen LogP contribution in [0.3, 0.4) is 0 Å². The Bertz CT molecular complexity index is 1680. The molecule has 0 radical (unpaired) electrons. The fourth-order valence-corrected chi connectivity index (χ4v) is 6.23. The number of aryl methyl sites for hydroxylation is 1. The fourth-order valence-electron chi connectivity index (χ4n) is 6.23. The third-order valence-electron chi connectivity index (χ3n) is 8.20. The largest absolute Gasteiger partial charge is 0.378 e. The predicted molar refractivity (Wildman–Crippen MR) is 165 cm³/mol. The summed E-state index contributed by atoms with van der Waals surface area (Å²) >= 11 is 0. The van der Waals surface area contributed by atoms with Crippen molar-refractivity contribution in [3.63, 3.8) is 0 Å².